The highest BCUT2D eigenvalue weighted by atomic mass is 35.5. The van der Waals surface area contributed by atoms with Crippen molar-refractivity contribution in [1.29, 1.82) is 0 Å². The van der Waals surface area contributed by atoms with Crippen molar-refractivity contribution in [3.63, 3.8) is 0 Å². The summed E-state index contributed by atoms with van der Waals surface area (Å²) in [4.78, 5) is 3.16. The molecule has 1 heterocycles. The lowest BCUT2D eigenvalue weighted by atomic mass is 10.3. The van der Waals surface area contributed by atoms with Crippen LogP contribution in [0.3, 0.4) is 0 Å². The van der Waals surface area contributed by atoms with Crippen LogP contribution in [0.1, 0.15) is 18.9 Å². The number of hydrogen-bond acceptors (Lipinski definition) is 1. The van der Waals surface area contributed by atoms with Gasteiger partial charge in [-0.05, 0) is 37.2 Å². The second-order valence-electron chi connectivity index (χ2n) is 3.67. The summed E-state index contributed by atoms with van der Waals surface area (Å²) in [6.07, 6.45) is 2.46. The fourth-order valence-electron chi connectivity index (χ4n) is 1.81. The summed E-state index contributed by atoms with van der Waals surface area (Å²) in [5.41, 5.74) is 2.09. The number of para-hydroxylation sites is 1. The molecule has 0 aliphatic heterocycles. The average molecular weight is 225 g/mol. The average Bonchev–Trinajstić information content (AvgIpc) is 2.91. The number of halogens is 1. The van der Waals surface area contributed by atoms with Gasteiger partial charge >= 0.3 is 0 Å². The third kappa shape index (κ3) is 1.12. The van der Waals surface area contributed by atoms with Gasteiger partial charge in [-0.3, -0.25) is 0 Å². The fraction of sp³-hybridized carbons (Fsp3) is 0.300. The molecule has 1 N–H and O–H groups in total. The lowest BCUT2D eigenvalue weighted by Crippen LogP contribution is -1.92. The Labute approximate surface area is 91.5 Å². The number of benzene rings is 1. The Bertz CT molecular complexity index is 551. The zero-order valence-corrected chi connectivity index (χ0v) is 9.03. The molecule has 4 heteroatoms. The Balaban J connectivity index is 2.43. The number of H-pyrrole nitrogens is 1. The first-order chi connectivity index (χ1) is 6.77. The molecule has 72 valence electrons. The Kier molecular flexibility index (Phi) is 1.73. The highest BCUT2D eigenvalue weighted by molar-refractivity contribution is 7.71. The first kappa shape index (κ1) is 8.50. The van der Waals surface area contributed by atoms with Crippen molar-refractivity contribution in [3.8, 4) is 0 Å². The van der Waals surface area contributed by atoms with Crippen molar-refractivity contribution in [2.24, 2.45) is 0 Å². The maximum atomic E-state index is 6.08. The molecule has 0 atom stereocenters. The Morgan fingerprint density at radius 2 is 2.21 bits per heavy atom. The largest absolute Gasteiger partial charge is 0.329 e. The summed E-state index contributed by atoms with van der Waals surface area (Å²) in [5.74, 6) is 0. The Morgan fingerprint density at radius 1 is 1.43 bits per heavy atom. The second-order valence-corrected chi connectivity index (χ2v) is 4.46. The standard InChI is InChI=1S/C10H9ClN2S/c11-7-2-1-3-8-9(7)12-10(14)13(8)6-4-5-6/h1-3,6H,4-5H2,(H,12,14). The molecule has 0 bridgehead atoms. The number of aromatic amines is 1. The molecule has 1 fully saturated rings. The molecule has 1 aliphatic carbocycles. The molecule has 1 saturated carbocycles. The minimum absolute atomic E-state index is 0.592. The molecular weight excluding hydrogens is 216 g/mol. The third-order valence-electron chi connectivity index (χ3n) is 2.61. The van der Waals surface area contributed by atoms with Gasteiger partial charge in [0.15, 0.2) is 4.77 Å². The zero-order chi connectivity index (χ0) is 9.71. The molecule has 1 aromatic carbocycles. The van der Waals surface area contributed by atoms with E-state index in [4.69, 9.17) is 23.8 Å². The minimum Gasteiger partial charge on any atom is -0.329 e. The van der Waals surface area contributed by atoms with Crippen molar-refractivity contribution in [1.82, 2.24) is 9.55 Å². The van der Waals surface area contributed by atoms with Crippen LogP contribution in [0.2, 0.25) is 5.02 Å². The lowest BCUT2D eigenvalue weighted by Gasteiger charge is -2.00. The van der Waals surface area contributed by atoms with E-state index in [0.29, 0.717) is 6.04 Å². The first-order valence-electron chi connectivity index (χ1n) is 4.66. The predicted octanol–water partition coefficient (Wildman–Crippen LogP) is 3.69. The van der Waals surface area contributed by atoms with E-state index in [2.05, 4.69) is 15.6 Å². The van der Waals surface area contributed by atoms with Gasteiger partial charge in [0.2, 0.25) is 0 Å². The molecule has 2 nitrogen and oxygen atoms in total. The van der Waals surface area contributed by atoms with Crippen LogP contribution in [0.15, 0.2) is 18.2 Å². The number of rotatable bonds is 1. The van der Waals surface area contributed by atoms with E-state index in [9.17, 15) is 0 Å². The predicted molar refractivity (Wildman–Crippen MR) is 60.4 cm³/mol. The van der Waals surface area contributed by atoms with Crippen molar-refractivity contribution in [2.45, 2.75) is 18.9 Å². The van der Waals surface area contributed by atoms with Gasteiger partial charge in [0.25, 0.3) is 0 Å². The molecule has 0 radical (unpaired) electrons. The lowest BCUT2D eigenvalue weighted by molar-refractivity contribution is 0.753. The highest BCUT2D eigenvalue weighted by Gasteiger charge is 2.26. The smallest absolute Gasteiger partial charge is 0.178 e. The molecule has 0 spiro atoms. The van der Waals surface area contributed by atoms with Crippen LogP contribution in [0.4, 0.5) is 0 Å². The summed E-state index contributed by atoms with van der Waals surface area (Å²) in [7, 11) is 0. The third-order valence-corrected chi connectivity index (χ3v) is 3.23. The van der Waals surface area contributed by atoms with Crippen LogP contribution in [0.5, 0.6) is 0 Å². The van der Waals surface area contributed by atoms with Gasteiger partial charge < -0.3 is 9.55 Å². The van der Waals surface area contributed by atoms with Crippen LogP contribution >= 0.6 is 23.8 Å². The number of aromatic nitrogens is 2. The van der Waals surface area contributed by atoms with Crippen LogP contribution in [0.25, 0.3) is 11.0 Å². The topological polar surface area (TPSA) is 20.7 Å². The van der Waals surface area contributed by atoms with E-state index < -0.39 is 0 Å². The normalized spacial score (nSPS) is 16.4. The molecule has 1 aliphatic rings. The van der Waals surface area contributed by atoms with Crippen molar-refractivity contribution < 1.29 is 0 Å². The number of imidazole rings is 1. The van der Waals surface area contributed by atoms with Gasteiger partial charge in [0, 0.05) is 6.04 Å². The van der Waals surface area contributed by atoms with Gasteiger partial charge in [-0.1, -0.05) is 17.7 Å². The van der Waals surface area contributed by atoms with Crippen LogP contribution in [0, 0.1) is 4.77 Å². The summed E-state index contributed by atoms with van der Waals surface area (Å²) < 4.78 is 2.96. The van der Waals surface area contributed by atoms with E-state index in [1.807, 2.05) is 12.1 Å². The van der Waals surface area contributed by atoms with Gasteiger partial charge in [0.05, 0.1) is 16.1 Å². The van der Waals surface area contributed by atoms with Gasteiger partial charge in [0.1, 0.15) is 0 Å². The molecule has 0 amide bonds. The van der Waals surface area contributed by atoms with E-state index in [1.54, 1.807) is 0 Å². The van der Waals surface area contributed by atoms with Crippen molar-refractivity contribution in [3.05, 3.63) is 28.0 Å². The van der Waals surface area contributed by atoms with Gasteiger partial charge in [-0.15, -0.1) is 0 Å². The van der Waals surface area contributed by atoms with Gasteiger partial charge in [-0.2, -0.15) is 0 Å². The molecule has 14 heavy (non-hydrogen) atoms. The maximum Gasteiger partial charge on any atom is 0.178 e. The zero-order valence-electron chi connectivity index (χ0n) is 7.46. The van der Waals surface area contributed by atoms with Gasteiger partial charge in [-0.25, -0.2) is 0 Å². The molecule has 0 unspecified atom stereocenters. The monoisotopic (exact) mass is 224 g/mol. The van der Waals surface area contributed by atoms with Crippen LogP contribution in [-0.2, 0) is 0 Å². The van der Waals surface area contributed by atoms with Crippen LogP contribution < -0.4 is 0 Å². The van der Waals surface area contributed by atoms with E-state index in [-0.39, 0.29) is 0 Å². The first-order valence-corrected chi connectivity index (χ1v) is 5.45. The van der Waals surface area contributed by atoms with Crippen LogP contribution in [-0.4, -0.2) is 9.55 Å². The second kappa shape index (κ2) is 2.84. The highest BCUT2D eigenvalue weighted by Crippen LogP contribution is 2.38. The fourth-order valence-corrected chi connectivity index (χ4v) is 2.38. The van der Waals surface area contributed by atoms with E-state index in [1.165, 1.54) is 12.8 Å². The summed E-state index contributed by atoms with van der Waals surface area (Å²) >= 11 is 11.4. The molecule has 3 rings (SSSR count). The molecular formula is C10H9ClN2S. The molecule has 2 aromatic rings. The molecule has 1 aromatic heterocycles. The SMILES string of the molecule is S=c1[nH]c2c(Cl)cccc2n1C1CC1. The van der Waals surface area contributed by atoms with E-state index in [0.717, 1.165) is 20.8 Å². The van der Waals surface area contributed by atoms with Crippen molar-refractivity contribution in [2.75, 3.05) is 0 Å². The minimum atomic E-state index is 0.592. The maximum absolute atomic E-state index is 6.08. The summed E-state index contributed by atoms with van der Waals surface area (Å²) in [5, 5.41) is 0.744. The number of fused-ring (bicyclic) bond motifs is 1. The summed E-state index contributed by atoms with van der Waals surface area (Å²) in [6, 6.07) is 6.50. The van der Waals surface area contributed by atoms with Crippen molar-refractivity contribution >= 4 is 34.9 Å². The molecule has 0 saturated heterocycles. The Hall–Kier alpha value is -0.800. The Morgan fingerprint density at radius 3 is 2.93 bits per heavy atom. The number of nitrogens with zero attached hydrogens (tertiary/aromatic N) is 1. The van der Waals surface area contributed by atoms with E-state index >= 15 is 0 Å². The number of hydrogen-bond donors (Lipinski definition) is 1. The number of nitrogens with one attached hydrogen (secondary N) is 1. The summed E-state index contributed by atoms with van der Waals surface area (Å²) in [6.45, 7) is 0. The quantitative estimate of drug-likeness (QED) is 0.733.